The number of hydrogen-bond acceptors (Lipinski definition) is 5. The van der Waals surface area contributed by atoms with Crippen molar-refractivity contribution in [2.45, 2.75) is 18.2 Å². The molecule has 0 unspecified atom stereocenters. The largest absolute Gasteiger partial charge is 0.490 e. The topological polar surface area (TPSA) is 76.7 Å². The van der Waals surface area contributed by atoms with E-state index in [1.165, 1.54) is 18.7 Å². The summed E-state index contributed by atoms with van der Waals surface area (Å²) in [5.74, 6) is 1.52. The minimum Gasteiger partial charge on any atom is -0.490 e. The van der Waals surface area contributed by atoms with E-state index in [9.17, 15) is 9.59 Å². The van der Waals surface area contributed by atoms with E-state index in [1.54, 1.807) is 24.3 Å². The van der Waals surface area contributed by atoms with Crippen molar-refractivity contribution in [1.29, 1.82) is 0 Å². The van der Waals surface area contributed by atoms with Crippen molar-refractivity contribution < 1.29 is 19.1 Å². The maximum atomic E-state index is 12.1. The Hall–Kier alpha value is -2.67. The molecular weight excluding hydrogens is 352 g/mol. The van der Waals surface area contributed by atoms with Crippen molar-refractivity contribution in [3.8, 4) is 11.5 Å². The molecule has 0 aromatic heterocycles. The SMILES string of the molecule is CC(=O)Nc1ccc(NC(=O)CSc2ccc3c(c2)OCCCO3)cc1. The molecule has 6 nitrogen and oxygen atoms in total. The first-order valence-corrected chi connectivity index (χ1v) is 9.29. The molecule has 0 atom stereocenters. The van der Waals surface area contributed by atoms with Crippen molar-refractivity contribution in [3.63, 3.8) is 0 Å². The van der Waals surface area contributed by atoms with Crippen LogP contribution in [-0.4, -0.2) is 30.8 Å². The van der Waals surface area contributed by atoms with Crippen LogP contribution in [0.25, 0.3) is 0 Å². The Bertz CT molecular complexity index is 793. The van der Waals surface area contributed by atoms with Gasteiger partial charge in [0.25, 0.3) is 0 Å². The lowest BCUT2D eigenvalue weighted by atomic mass is 10.3. The van der Waals surface area contributed by atoms with Crippen LogP contribution in [0.15, 0.2) is 47.4 Å². The van der Waals surface area contributed by atoms with Crippen molar-refractivity contribution in [2.24, 2.45) is 0 Å². The van der Waals surface area contributed by atoms with E-state index in [-0.39, 0.29) is 17.6 Å². The normalized spacial score (nSPS) is 12.8. The molecule has 1 aliphatic rings. The van der Waals surface area contributed by atoms with Crippen molar-refractivity contribution in [2.75, 3.05) is 29.6 Å². The molecule has 7 heteroatoms. The highest BCUT2D eigenvalue weighted by Crippen LogP contribution is 2.33. The highest BCUT2D eigenvalue weighted by Gasteiger charge is 2.12. The smallest absolute Gasteiger partial charge is 0.234 e. The van der Waals surface area contributed by atoms with E-state index < -0.39 is 0 Å². The molecule has 3 rings (SSSR count). The van der Waals surface area contributed by atoms with Gasteiger partial charge in [0.1, 0.15) is 0 Å². The minimum absolute atomic E-state index is 0.102. The number of benzene rings is 2. The van der Waals surface area contributed by atoms with Gasteiger partial charge in [0, 0.05) is 29.6 Å². The zero-order valence-electron chi connectivity index (χ0n) is 14.4. The number of carbonyl (C=O) groups excluding carboxylic acids is 2. The molecule has 2 aromatic rings. The Kier molecular flexibility index (Phi) is 6.01. The Balaban J connectivity index is 1.52. The fourth-order valence-corrected chi connectivity index (χ4v) is 3.14. The van der Waals surface area contributed by atoms with Crippen molar-refractivity contribution >= 4 is 35.0 Å². The second-order valence-corrected chi connectivity index (χ2v) is 6.80. The second-order valence-electron chi connectivity index (χ2n) is 5.75. The molecule has 0 spiro atoms. The molecule has 0 saturated carbocycles. The van der Waals surface area contributed by atoms with E-state index in [2.05, 4.69) is 10.6 Å². The summed E-state index contributed by atoms with van der Waals surface area (Å²) in [6.45, 7) is 2.74. The summed E-state index contributed by atoms with van der Waals surface area (Å²) in [6.07, 6.45) is 0.861. The summed E-state index contributed by atoms with van der Waals surface area (Å²) in [7, 11) is 0. The molecule has 1 heterocycles. The predicted molar refractivity (Wildman–Crippen MR) is 102 cm³/mol. The molecule has 2 amide bonds. The van der Waals surface area contributed by atoms with Gasteiger partial charge in [-0.3, -0.25) is 9.59 Å². The quantitative estimate of drug-likeness (QED) is 0.785. The molecule has 136 valence electrons. The highest BCUT2D eigenvalue weighted by atomic mass is 32.2. The van der Waals surface area contributed by atoms with Gasteiger partial charge in [-0.1, -0.05) is 0 Å². The molecule has 0 fully saturated rings. The first-order chi connectivity index (χ1) is 12.6. The molecular formula is C19H20N2O4S. The number of nitrogens with one attached hydrogen (secondary N) is 2. The van der Waals surface area contributed by atoms with E-state index in [0.29, 0.717) is 24.6 Å². The average Bonchev–Trinajstić information content (AvgIpc) is 2.86. The number of hydrogen-bond donors (Lipinski definition) is 2. The number of amides is 2. The number of rotatable bonds is 5. The summed E-state index contributed by atoms with van der Waals surface area (Å²) < 4.78 is 11.3. The van der Waals surface area contributed by atoms with Gasteiger partial charge in [0.2, 0.25) is 11.8 Å². The summed E-state index contributed by atoms with van der Waals surface area (Å²) in [5, 5.41) is 5.52. The van der Waals surface area contributed by atoms with Crippen molar-refractivity contribution in [1.82, 2.24) is 0 Å². The van der Waals surface area contributed by atoms with E-state index in [0.717, 1.165) is 22.8 Å². The zero-order valence-corrected chi connectivity index (χ0v) is 15.2. The van der Waals surface area contributed by atoms with Crippen LogP contribution < -0.4 is 20.1 Å². The number of anilines is 2. The minimum atomic E-state index is -0.131. The highest BCUT2D eigenvalue weighted by molar-refractivity contribution is 8.00. The molecule has 1 aliphatic heterocycles. The Morgan fingerprint density at radius 2 is 1.62 bits per heavy atom. The molecule has 0 aliphatic carbocycles. The average molecular weight is 372 g/mol. The Morgan fingerprint density at radius 1 is 0.962 bits per heavy atom. The van der Waals surface area contributed by atoms with Gasteiger partial charge in [-0.25, -0.2) is 0 Å². The molecule has 26 heavy (non-hydrogen) atoms. The van der Waals surface area contributed by atoms with Gasteiger partial charge in [0.15, 0.2) is 11.5 Å². The van der Waals surface area contributed by atoms with E-state index >= 15 is 0 Å². The van der Waals surface area contributed by atoms with Crippen LogP contribution in [0.3, 0.4) is 0 Å². The fourth-order valence-electron chi connectivity index (χ4n) is 2.42. The number of carbonyl (C=O) groups is 2. The molecule has 2 aromatic carbocycles. The lowest BCUT2D eigenvalue weighted by molar-refractivity contribution is -0.114. The molecule has 2 N–H and O–H groups in total. The summed E-state index contributed by atoms with van der Waals surface area (Å²) in [5.41, 5.74) is 1.38. The van der Waals surface area contributed by atoms with Gasteiger partial charge < -0.3 is 20.1 Å². The van der Waals surface area contributed by atoms with E-state index in [1.807, 2.05) is 18.2 Å². The number of thioether (sulfide) groups is 1. The summed E-state index contributed by atoms with van der Waals surface area (Å²) >= 11 is 1.43. The van der Waals surface area contributed by atoms with Gasteiger partial charge >= 0.3 is 0 Å². The second kappa shape index (κ2) is 8.62. The summed E-state index contributed by atoms with van der Waals surface area (Å²) in [6, 6.07) is 12.7. The van der Waals surface area contributed by atoms with Crippen LogP contribution in [0.4, 0.5) is 11.4 Å². The first kappa shape index (κ1) is 18.1. The van der Waals surface area contributed by atoms with Crippen LogP contribution in [0.5, 0.6) is 11.5 Å². The standard InChI is InChI=1S/C19H20N2O4S/c1-13(22)20-14-3-5-15(6-4-14)21-19(23)12-26-16-7-8-17-18(11-16)25-10-2-9-24-17/h3-8,11H,2,9-10,12H2,1H3,(H,20,22)(H,21,23). The third-order valence-corrected chi connectivity index (χ3v) is 4.57. The van der Waals surface area contributed by atoms with Crippen LogP contribution >= 0.6 is 11.8 Å². The number of ether oxygens (including phenoxy) is 2. The lowest BCUT2D eigenvalue weighted by Gasteiger charge is -2.09. The molecule has 0 radical (unpaired) electrons. The van der Waals surface area contributed by atoms with Crippen LogP contribution in [-0.2, 0) is 9.59 Å². The van der Waals surface area contributed by atoms with Crippen LogP contribution in [0.1, 0.15) is 13.3 Å². The summed E-state index contributed by atoms with van der Waals surface area (Å²) in [4.78, 5) is 24.1. The van der Waals surface area contributed by atoms with Gasteiger partial charge in [-0.05, 0) is 42.5 Å². The Morgan fingerprint density at radius 3 is 2.31 bits per heavy atom. The maximum absolute atomic E-state index is 12.1. The van der Waals surface area contributed by atoms with Crippen LogP contribution in [0.2, 0.25) is 0 Å². The Labute approximate surface area is 156 Å². The lowest BCUT2D eigenvalue weighted by Crippen LogP contribution is -2.14. The zero-order chi connectivity index (χ0) is 18.4. The third kappa shape index (κ3) is 5.16. The van der Waals surface area contributed by atoms with Gasteiger partial charge in [0.05, 0.1) is 19.0 Å². The van der Waals surface area contributed by atoms with Gasteiger partial charge in [-0.15, -0.1) is 11.8 Å². The molecule has 0 bridgehead atoms. The molecule has 0 saturated heterocycles. The number of fused-ring (bicyclic) bond motifs is 1. The predicted octanol–water partition coefficient (Wildman–Crippen LogP) is 3.54. The third-order valence-electron chi connectivity index (χ3n) is 3.58. The monoisotopic (exact) mass is 372 g/mol. The van der Waals surface area contributed by atoms with Crippen LogP contribution in [0, 0.1) is 0 Å². The van der Waals surface area contributed by atoms with Gasteiger partial charge in [-0.2, -0.15) is 0 Å². The van der Waals surface area contributed by atoms with E-state index in [4.69, 9.17) is 9.47 Å². The maximum Gasteiger partial charge on any atom is 0.234 e. The van der Waals surface area contributed by atoms with Crippen molar-refractivity contribution in [3.05, 3.63) is 42.5 Å². The fraction of sp³-hybridized carbons (Fsp3) is 0.263. The first-order valence-electron chi connectivity index (χ1n) is 8.30.